The molecule has 0 aliphatic rings. The molecule has 0 saturated heterocycles. The smallest absolute Gasteiger partial charge is 0.322 e. The summed E-state index contributed by atoms with van der Waals surface area (Å²) in [6.07, 6.45) is -0.300. The molecule has 0 heterocycles. The average molecular weight is 304 g/mol. The van der Waals surface area contributed by atoms with Gasteiger partial charge in [-0.1, -0.05) is 0 Å². The number of hydrogen-bond donors (Lipinski definition) is 2. The van der Waals surface area contributed by atoms with Crippen LogP contribution in [0.2, 0.25) is 0 Å². The van der Waals surface area contributed by atoms with E-state index < -0.39 is 35.1 Å². The number of aliphatic carboxylic acids is 1. The Balaban J connectivity index is 2.89. The molecule has 5 nitrogen and oxygen atoms in total. The number of anilines is 1. The van der Waals surface area contributed by atoms with E-state index in [0.717, 1.165) is 4.90 Å². The van der Waals surface area contributed by atoms with Crippen LogP contribution in [0, 0.1) is 17.5 Å². The first-order chi connectivity index (χ1) is 9.72. The number of carboxylic acids is 1. The first kappa shape index (κ1) is 16.8. The summed E-state index contributed by atoms with van der Waals surface area (Å²) in [6.45, 7) is 3.14. The van der Waals surface area contributed by atoms with Crippen molar-refractivity contribution >= 4 is 17.7 Å². The number of carbonyl (C=O) groups excluding carboxylic acids is 1. The Morgan fingerprint density at radius 3 is 2.43 bits per heavy atom. The highest BCUT2D eigenvalue weighted by molar-refractivity contribution is 5.89. The van der Waals surface area contributed by atoms with Crippen molar-refractivity contribution in [2.45, 2.75) is 26.3 Å². The molecule has 2 amide bonds. The summed E-state index contributed by atoms with van der Waals surface area (Å²) in [7, 11) is 0. The van der Waals surface area contributed by atoms with E-state index in [1.807, 2.05) is 5.32 Å². The number of benzene rings is 1. The molecule has 0 aromatic heterocycles. The van der Waals surface area contributed by atoms with Crippen molar-refractivity contribution in [1.82, 2.24) is 4.90 Å². The van der Waals surface area contributed by atoms with Crippen LogP contribution in [0.1, 0.15) is 20.3 Å². The second-order valence-corrected chi connectivity index (χ2v) is 4.61. The Hall–Kier alpha value is -2.25. The Labute approximate surface area is 119 Å². The van der Waals surface area contributed by atoms with Gasteiger partial charge >= 0.3 is 12.0 Å². The van der Waals surface area contributed by atoms with E-state index in [1.54, 1.807) is 13.8 Å². The summed E-state index contributed by atoms with van der Waals surface area (Å²) in [6, 6.07) is -0.206. The lowest BCUT2D eigenvalue weighted by Crippen LogP contribution is -2.41. The number of nitrogens with one attached hydrogen (secondary N) is 1. The van der Waals surface area contributed by atoms with Gasteiger partial charge in [0, 0.05) is 24.7 Å². The standard InChI is InChI=1S/C13H15F3N2O3/c1-7(2)18(4-3-11(19)20)13(21)17-10-6-8(14)5-9(15)12(10)16/h5-7H,3-4H2,1-2H3,(H,17,21)(H,19,20). The molecule has 2 N–H and O–H groups in total. The van der Waals surface area contributed by atoms with Crippen LogP contribution < -0.4 is 5.32 Å². The van der Waals surface area contributed by atoms with E-state index >= 15 is 0 Å². The summed E-state index contributed by atoms with van der Waals surface area (Å²) in [5, 5.41) is 10.7. The van der Waals surface area contributed by atoms with Gasteiger partial charge in [-0.15, -0.1) is 0 Å². The predicted molar refractivity (Wildman–Crippen MR) is 69.4 cm³/mol. The monoisotopic (exact) mass is 304 g/mol. The molecule has 1 rings (SSSR count). The van der Waals surface area contributed by atoms with E-state index in [0.29, 0.717) is 12.1 Å². The van der Waals surface area contributed by atoms with Crippen molar-refractivity contribution in [1.29, 1.82) is 0 Å². The van der Waals surface area contributed by atoms with E-state index in [4.69, 9.17) is 5.11 Å². The lowest BCUT2D eigenvalue weighted by molar-refractivity contribution is -0.137. The van der Waals surface area contributed by atoms with Gasteiger partial charge in [0.25, 0.3) is 0 Å². The lowest BCUT2D eigenvalue weighted by Gasteiger charge is -2.26. The number of hydrogen-bond acceptors (Lipinski definition) is 2. The molecule has 0 fully saturated rings. The predicted octanol–water partition coefficient (Wildman–Crippen LogP) is 2.82. The minimum atomic E-state index is -1.42. The van der Waals surface area contributed by atoms with Crippen molar-refractivity contribution < 1.29 is 27.9 Å². The maximum Gasteiger partial charge on any atom is 0.322 e. The molecule has 0 aliphatic heterocycles. The fraction of sp³-hybridized carbons (Fsp3) is 0.385. The Morgan fingerprint density at radius 1 is 1.29 bits per heavy atom. The Bertz CT molecular complexity index is 550. The number of nitrogens with zero attached hydrogens (tertiary/aromatic N) is 1. The van der Waals surface area contributed by atoms with Gasteiger partial charge in [0.15, 0.2) is 11.6 Å². The first-order valence-electron chi connectivity index (χ1n) is 6.16. The minimum absolute atomic E-state index is 0.113. The van der Waals surface area contributed by atoms with Crippen molar-refractivity contribution in [3.05, 3.63) is 29.6 Å². The molecule has 0 saturated carbocycles. The molecule has 0 bridgehead atoms. The summed E-state index contributed by atoms with van der Waals surface area (Å²) in [4.78, 5) is 23.6. The fourth-order valence-corrected chi connectivity index (χ4v) is 1.64. The van der Waals surface area contributed by atoms with Crippen LogP contribution in [-0.4, -0.2) is 34.6 Å². The highest BCUT2D eigenvalue weighted by Gasteiger charge is 2.20. The van der Waals surface area contributed by atoms with Crippen LogP contribution in [0.25, 0.3) is 0 Å². The Morgan fingerprint density at radius 2 is 1.90 bits per heavy atom. The number of halogens is 3. The van der Waals surface area contributed by atoms with E-state index in [2.05, 4.69) is 0 Å². The number of urea groups is 1. The largest absolute Gasteiger partial charge is 0.481 e. The van der Waals surface area contributed by atoms with Gasteiger partial charge in [0.05, 0.1) is 12.1 Å². The van der Waals surface area contributed by atoms with Gasteiger partial charge in [-0.25, -0.2) is 18.0 Å². The number of rotatable bonds is 5. The zero-order valence-electron chi connectivity index (χ0n) is 11.5. The van der Waals surface area contributed by atoms with Crippen molar-refractivity contribution in [3.8, 4) is 0 Å². The van der Waals surface area contributed by atoms with E-state index in [-0.39, 0.29) is 19.0 Å². The second-order valence-electron chi connectivity index (χ2n) is 4.61. The molecular formula is C13H15F3N2O3. The molecule has 21 heavy (non-hydrogen) atoms. The number of carbonyl (C=O) groups is 2. The van der Waals surface area contributed by atoms with Gasteiger partial charge in [0.1, 0.15) is 5.82 Å². The van der Waals surface area contributed by atoms with E-state index in [9.17, 15) is 22.8 Å². The van der Waals surface area contributed by atoms with Crippen molar-refractivity contribution in [3.63, 3.8) is 0 Å². The van der Waals surface area contributed by atoms with Gasteiger partial charge in [-0.05, 0) is 13.8 Å². The van der Waals surface area contributed by atoms with E-state index in [1.165, 1.54) is 0 Å². The van der Waals surface area contributed by atoms with Crippen LogP contribution >= 0.6 is 0 Å². The molecule has 0 radical (unpaired) electrons. The maximum absolute atomic E-state index is 13.5. The molecular weight excluding hydrogens is 289 g/mol. The summed E-state index contributed by atoms with van der Waals surface area (Å²) >= 11 is 0. The van der Waals surface area contributed by atoms with Crippen molar-refractivity contribution in [2.24, 2.45) is 0 Å². The molecule has 0 spiro atoms. The highest BCUT2D eigenvalue weighted by Crippen LogP contribution is 2.20. The molecule has 1 aromatic carbocycles. The first-order valence-corrected chi connectivity index (χ1v) is 6.16. The third-order valence-electron chi connectivity index (χ3n) is 2.69. The molecule has 1 aromatic rings. The van der Waals surface area contributed by atoms with Gasteiger partial charge in [0.2, 0.25) is 0 Å². The van der Waals surface area contributed by atoms with Crippen LogP contribution in [-0.2, 0) is 4.79 Å². The van der Waals surface area contributed by atoms with Crippen LogP contribution in [0.5, 0.6) is 0 Å². The fourth-order valence-electron chi connectivity index (χ4n) is 1.64. The molecule has 0 unspecified atom stereocenters. The van der Waals surface area contributed by atoms with Crippen LogP contribution in [0.4, 0.5) is 23.7 Å². The quantitative estimate of drug-likeness (QED) is 0.822. The average Bonchev–Trinajstić information content (AvgIpc) is 2.34. The zero-order chi connectivity index (χ0) is 16.2. The second kappa shape index (κ2) is 6.96. The molecule has 116 valence electrons. The third-order valence-corrected chi connectivity index (χ3v) is 2.69. The SMILES string of the molecule is CC(C)N(CCC(=O)O)C(=O)Nc1cc(F)cc(F)c1F. The van der Waals surface area contributed by atoms with Gasteiger partial charge in [-0.3, -0.25) is 4.79 Å². The summed E-state index contributed by atoms with van der Waals surface area (Å²) in [5.74, 6) is -4.94. The van der Waals surface area contributed by atoms with Crippen LogP contribution in [0.15, 0.2) is 12.1 Å². The molecule has 0 aliphatic carbocycles. The van der Waals surface area contributed by atoms with Gasteiger partial charge in [-0.2, -0.15) is 0 Å². The minimum Gasteiger partial charge on any atom is -0.481 e. The lowest BCUT2D eigenvalue weighted by atomic mass is 10.2. The molecule has 0 atom stereocenters. The van der Waals surface area contributed by atoms with Gasteiger partial charge < -0.3 is 15.3 Å². The summed E-state index contributed by atoms with van der Waals surface area (Å²) < 4.78 is 39.5. The topological polar surface area (TPSA) is 69.6 Å². The Kier molecular flexibility index (Phi) is 5.57. The molecule has 8 heteroatoms. The van der Waals surface area contributed by atoms with Crippen LogP contribution in [0.3, 0.4) is 0 Å². The normalized spacial score (nSPS) is 10.6. The van der Waals surface area contributed by atoms with Crippen molar-refractivity contribution in [2.75, 3.05) is 11.9 Å². The number of amides is 2. The third kappa shape index (κ3) is 4.66. The number of carboxylic acid groups (broad SMARTS) is 1. The highest BCUT2D eigenvalue weighted by atomic mass is 19.2. The zero-order valence-corrected chi connectivity index (χ0v) is 11.5. The maximum atomic E-state index is 13.5. The summed E-state index contributed by atoms with van der Waals surface area (Å²) in [5.41, 5.74) is -0.640.